The molecule has 1 aliphatic rings. The van der Waals surface area contributed by atoms with Crippen molar-refractivity contribution in [2.75, 3.05) is 19.6 Å². The number of hydrogen-bond donors (Lipinski definition) is 1. The number of nitrogens with one attached hydrogen (secondary N) is 1. The normalized spacial score (nSPS) is 19.7. The molecule has 1 saturated heterocycles. The van der Waals surface area contributed by atoms with Crippen molar-refractivity contribution in [2.45, 2.75) is 10.9 Å². The van der Waals surface area contributed by atoms with Gasteiger partial charge in [-0.15, -0.1) is 0 Å². The Hall–Kier alpha value is -1.47. The van der Waals surface area contributed by atoms with Gasteiger partial charge < -0.3 is 5.32 Å². The average molecular weight is 355 g/mol. The Balaban J connectivity index is 2.01. The quantitative estimate of drug-likeness (QED) is 0.922. The highest BCUT2D eigenvalue weighted by molar-refractivity contribution is 7.89. The average Bonchev–Trinajstić information content (AvgIpc) is 2.55. The van der Waals surface area contributed by atoms with Crippen LogP contribution >= 0.6 is 11.6 Å². The molecule has 23 heavy (non-hydrogen) atoms. The van der Waals surface area contributed by atoms with Gasteiger partial charge in [0.15, 0.2) is 0 Å². The van der Waals surface area contributed by atoms with Crippen molar-refractivity contribution < 1.29 is 12.8 Å². The van der Waals surface area contributed by atoms with Crippen LogP contribution in [0, 0.1) is 5.82 Å². The van der Waals surface area contributed by atoms with Gasteiger partial charge in [-0.1, -0.05) is 29.8 Å². The summed E-state index contributed by atoms with van der Waals surface area (Å²) in [6, 6.07) is 11.8. The van der Waals surface area contributed by atoms with Gasteiger partial charge in [0.1, 0.15) is 5.82 Å². The molecule has 3 rings (SSSR count). The molecule has 1 atom stereocenters. The topological polar surface area (TPSA) is 49.4 Å². The largest absolute Gasteiger partial charge is 0.313 e. The van der Waals surface area contributed by atoms with Crippen molar-refractivity contribution in [1.82, 2.24) is 9.62 Å². The molecule has 122 valence electrons. The van der Waals surface area contributed by atoms with Crippen LogP contribution in [0.5, 0.6) is 0 Å². The Morgan fingerprint density at radius 2 is 1.96 bits per heavy atom. The molecule has 1 heterocycles. The summed E-state index contributed by atoms with van der Waals surface area (Å²) >= 11 is 5.92. The molecule has 0 saturated carbocycles. The molecule has 0 aliphatic carbocycles. The van der Waals surface area contributed by atoms with E-state index >= 15 is 0 Å². The first kappa shape index (κ1) is 16.4. The summed E-state index contributed by atoms with van der Waals surface area (Å²) in [7, 11) is -3.71. The van der Waals surface area contributed by atoms with Crippen molar-refractivity contribution in [3.05, 3.63) is 64.9 Å². The summed E-state index contributed by atoms with van der Waals surface area (Å²) in [5.74, 6) is -0.381. The lowest BCUT2D eigenvalue weighted by Crippen LogP contribution is -2.48. The first-order valence-electron chi connectivity index (χ1n) is 7.22. The summed E-state index contributed by atoms with van der Waals surface area (Å²) in [6.45, 7) is 1.30. The second-order valence-corrected chi connectivity index (χ2v) is 7.68. The number of rotatable bonds is 3. The van der Waals surface area contributed by atoms with E-state index in [1.54, 1.807) is 24.3 Å². The standard InChI is InChI=1S/C16H16ClFN2O2S/c17-13-4-2-6-15(10-13)23(21,22)20-8-7-19-11-16(20)12-3-1-5-14(18)9-12/h1-6,9-10,16,19H,7-8,11H2. The highest BCUT2D eigenvalue weighted by Crippen LogP contribution is 2.30. The first-order valence-corrected chi connectivity index (χ1v) is 9.04. The highest BCUT2D eigenvalue weighted by atomic mass is 35.5. The molecule has 0 amide bonds. The Bertz CT molecular complexity index is 813. The van der Waals surface area contributed by atoms with Gasteiger partial charge >= 0.3 is 0 Å². The third-order valence-electron chi connectivity index (χ3n) is 3.83. The van der Waals surface area contributed by atoms with Gasteiger partial charge in [-0.3, -0.25) is 0 Å². The maximum absolute atomic E-state index is 13.5. The van der Waals surface area contributed by atoms with Crippen LogP contribution in [0.15, 0.2) is 53.4 Å². The molecule has 1 aliphatic heterocycles. The molecule has 7 heteroatoms. The zero-order valence-corrected chi connectivity index (χ0v) is 13.8. The van der Waals surface area contributed by atoms with Crippen molar-refractivity contribution in [3.63, 3.8) is 0 Å². The van der Waals surface area contributed by atoms with Crippen LogP contribution in [0.2, 0.25) is 5.02 Å². The smallest absolute Gasteiger partial charge is 0.243 e. The van der Waals surface area contributed by atoms with Gasteiger partial charge in [0, 0.05) is 24.7 Å². The molecule has 0 bridgehead atoms. The fourth-order valence-electron chi connectivity index (χ4n) is 2.73. The van der Waals surface area contributed by atoms with E-state index in [1.165, 1.54) is 28.6 Å². The Morgan fingerprint density at radius 3 is 2.70 bits per heavy atom. The molecular formula is C16H16ClFN2O2S. The minimum absolute atomic E-state index is 0.147. The zero-order chi connectivity index (χ0) is 16.4. The lowest BCUT2D eigenvalue weighted by Gasteiger charge is -2.35. The second kappa shape index (κ2) is 6.57. The van der Waals surface area contributed by atoms with E-state index in [0.717, 1.165) is 0 Å². The third kappa shape index (κ3) is 3.40. The van der Waals surface area contributed by atoms with Gasteiger partial charge in [-0.25, -0.2) is 12.8 Å². The number of sulfonamides is 1. The SMILES string of the molecule is O=S(=O)(c1cccc(Cl)c1)N1CCNCC1c1cccc(F)c1. The lowest BCUT2D eigenvalue weighted by molar-refractivity contribution is 0.271. The van der Waals surface area contributed by atoms with E-state index in [0.29, 0.717) is 30.2 Å². The van der Waals surface area contributed by atoms with E-state index in [9.17, 15) is 12.8 Å². The molecule has 1 unspecified atom stereocenters. The van der Waals surface area contributed by atoms with Crippen LogP contribution in [0.4, 0.5) is 4.39 Å². The van der Waals surface area contributed by atoms with Crippen LogP contribution in [0.25, 0.3) is 0 Å². The molecule has 0 spiro atoms. The minimum Gasteiger partial charge on any atom is -0.313 e. The molecule has 4 nitrogen and oxygen atoms in total. The Kier molecular flexibility index (Phi) is 4.68. The van der Waals surface area contributed by atoms with E-state index in [-0.39, 0.29) is 10.7 Å². The van der Waals surface area contributed by atoms with Gasteiger partial charge in [0.25, 0.3) is 0 Å². The Morgan fingerprint density at radius 1 is 1.17 bits per heavy atom. The molecule has 0 aromatic heterocycles. The Labute approximate surface area is 139 Å². The highest BCUT2D eigenvalue weighted by Gasteiger charge is 2.34. The zero-order valence-electron chi connectivity index (χ0n) is 12.2. The molecule has 2 aromatic carbocycles. The monoisotopic (exact) mass is 354 g/mol. The van der Waals surface area contributed by atoms with E-state index < -0.39 is 16.1 Å². The van der Waals surface area contributed by atoms with Crippen molar-refractivity contribution >= 4 is 21.6 Å². The van der Waals surface area contributed by atoms with Crippen molar-refractivity contribution in [2.24, 2.45) is 0 Å². The summed E-state index contributed by atoms with van der Waals surface area (Å²) < 4.78 is 40.8. The van der Waals surface area contributed by atoms with Crippen molar-refractivity contribution in [3.8, 4) is 0 Å². The third-order valence-corrected chi connectivity index (χ3v) is 5.97. The molecule has 0 radical (unpaired) electrons. The summed E-state index contributed by atoms with van der Waals surface area (Å²) in [5.41, 5.74) is 0.628. The van der Waals surface area contributed by atoms with Gasteiger partial charge in [-0.05, 0) is 35.9 Å². The predicted octanol–water partition coefficient (Wildman–Crippen LogP) is 2.81. The van der Waals surface area contributed by atoms with Gasteiger partial charge in [0.05, 0.1) is 10.9 Å². The number of nitrogens with zero attached hydrogens (tertiary/aromatic N) is 1. The maximum atomic E-state index is 13.5. The predicted molar refractivity (Wildman–Crippen MR) is 87.4 cm³/mol. The van der Waals surface area contributed by atoms with Crippen molar-refractivity contribution in [1.29, 1.82) is 0 Å². The van der Waals surface area contributed by atoms with Crippen LogP contribution in [-0.4, -0.2) is 32.4 Å². The van der Waals surface area contributed by atoms with Crippen LogP contribution in [0.1, 0.15) is 11.6 Å². The summed E-state index contributed by atoms with van der Waals surface area (Å²) in [5, 5.41) is 3.53. The van der Waals surface area contributed by atoms with E-state index in [1.807, 2.05) is 0 Å². The van der Waals surface area contributed by atoms with Crippen LogP contribution in [-0.2, 0) is 10.0 Å². The lowest BCUT2D eigenvalue weighted by atomic mass is 10.1. The summed E-state index contributed by atoms with van der Waals surface area (Å²) in [6.07, 6.45) is 0. The fraction of sp³-hybridized carbons (Fsp3) is 0.250. The van der Waals surface area contributed by atoms with Crippen LogP contribution < -0.4 is 5.32 Å². The number of halogens is 2. The first-order chi connectivity index (χ1) is 11.0. The second-order valence-electron chi connectivity index (χ2n) is 5.35. The summed E-state index contributed by atoms with van der Waals surface area (Å²) in [4.78, 5) is 0.147. The molecule has 1 fully saturated rings. The van der Waals surface area contributed by atoms with E-state index in [4.69, 9.17) is 11.6 Å². The number of benzene rings is 2. The minimum atomic E-state index is -3.71. The molecule has 1 N–H and O–H groups in total. The molecule has 2 aromatic rings. The van der Waals surface area contributed by atoms with Gasteiger partial charge in [-0.2, -0.15) is 4.31 Å². The number of hydrogen-bond acceptors (Lipinski definition) is 3. The van der Waals surface area contributed by atoms with Crippen LogP contribution in [0.3, 0.4) is 0 Å². The molecular weight excluding hydrogens is 339 g/mol. The van der Waals surface area contributed by atoms with Gasteiger partial charge in [0.2, 0.25) is 10.0 Å². The van der Waals surface area contributed by atoms with E-state index in [2.05, 4.69) is 5.32 Å². The maximum Gasteiger partial charge on any atom is 0.243 e. The fourth-order valence-corrected chi connectivity index (χ4v) is 4.65. The number of piperazine rings is 1.